The molecule has 0 radical (unpaired) electrons. The monoisotopic (exact) mass is 358 g/mol. The van der Waals surface area contributed by atoms with Crippen molar-refractivity contribution in [3.63, 3.8) is 0 Å². The third-order valence-corrected chi connectivity index (χ3v) is 5.24. The van der Waals surface area contributed by atoms with Crippen LogP contribution in [-0.4, -0.2) is 32.4 Å². The molecule has 1 aliphatic carbocycles. The van der Waals surface area contributed by atoms with Gasteiger partial charge < -0.3 is 4.74 Å². The number of ether oxygens (including phenoxy) is 1. The molecule has 2 aromatic rings. The highest BCUT2D eigenvalue weighted by Gasteiger charge is 2.22. The Bertz CT molecular complexity index is 825. The van der Waals surface area contributed by atoms with Crippen LogP contribution in [0.15, 0.2) is 24.4 Å². The fraction of sp³-hybridized carbons (Fsp3) is 0.400. The molecule has 8 heteroatoms. The third-order valence-electron chi connectivity index (χ3n) is 3.59. The summed E-state index contributed by atoms with van der Waals surface area (Å²) in [7, 11) is -3.61. The first kappa shape index (κ1) is 16.4. The van der Waals surface area contributed by atoms with E-state index in [-0.39, 0.29) is 28.6 Å². The number of halogens is 2. The predicted octanol–water partition coefficient (Wildman–Crippen LogP) is 3.20. The zero-order chi connectivity index (χ0) is 16.4. The van der Waals surface area contributed by atoms with Crippen molar-refractivity contribution in [3.8, 4) is 0 Å². The smallest absolute Gasteiger partial charge is 0.235 e. The van der Waals surface area contributed by atoms with Gasteiger partial charge in [-0.25, -0.2) is 12.8 Å². The van der Waals surface area contributed by atoms with Crippen molar-refractivity contribution in [1.29, 1.82) is 0 Å². The molecule has 1 N–H and O–H groups in total. The van der Waals surface area contributed by atoms with Crippen LogP contribution < -0.4 is 4.72 Å². The van der Waals surface area contributed by atoms with Gasteiger partial charge in [0.15, 0.2) is 0 Å². The Morgan fingerprint density at radius 3 is 2.91 bits per heavy atom. The van der Waals surface area contributed by atoms with Crippen LogP contribution in [0.3, 0.4) is 0 Å². The number of anilines is 1. The first-order valence-corrected chi connectivity index (χ1v) is 9.30. The first-order chi connectivity index (χ1) is 11.0. The molecule has 0 spiro atoms. The number of para-hydroxylation sites is 1. The van der Waals surface area contributed by atoms with Gasteiger partial charge in [0.05, 0.1) is 29.3 Å². The minimum atomic E-state index is -3.61. The molecule has 0 saturated heterocycles. The molecule has 1 aliphatic rings. The van der Waals surface area contributed by atoms with Gasteiger partial charge in [0, 0.05) is 12.0 Å². The van der Waals surface area contributed by atoms with E-state index in [4.69, 9.17) is 16.3 Å². The predicted molar refractivity (Wildman–Crippen MR) is 87.7 cm³/mol. The van der Waals surface area contributed by atoms with Gasteiger partial charge in [-0.05, 0) is 24.8 Å². The Morgan fingerprint density at radius 1 is 1.39 bits per heavy atom. The van der Waals surface area contributed by atoms with Crippen LogP contribution in [0.25, 0.3) is 10.9 Å². The maximum atomic E-state index is 13.6. The molecule has 5 nitrogen and oxygen atoms in total. The summed E-state index contributed by atoms with van der Waals surface area (Å²) in [6.45, 7) is 0.728. The van der Waals surface area contributed by atoms with Gasteiger partial charge in [-0.2, -0.15) is 0 Å². The van der Waals surface area contributed by atoms with E-state index in [1.165, 1.54) is 18.3 Å². The summed E-state index contributed by atoms with van der Waals surface area (Å²) < 4.78 is 45.5. The molecule has 1 heterocycles. The van der Waals surface area contributed by atoms with Gasteiger partial charge in [0.1, 0.15) is 11.3 Å². The standard InChI is InChI=1S/C15H16ClFN2O3S/c16-14-11-2-1-3-12(17)15(11)18-8-13(14)19-23(20,21)7-6-22-9-10-4-5-10/h1-3,8,10,19H,4-7,9H2. The highest BCUT2D eigenvalue weighted by atomic mass is 35.5. The largest absolute Gasteiger partial charge is 0.380 e. The van der Waals surface area contributed by atoms with Crippen molar-refractivity contribution in [2.75, 3.05) is 23.7 Å². The minimum absolute atomic E-state index is 0.105. The summed E-state index contributed by atoms with van der Waals surface area (Å²) in [5.74, 6) is -0.0935. The molecular formula is C15H16ClFN2O3S. The zero-order valence-corrected chi connectivity index (χ0v) is 13.8. The molecule has 1 saturated carbocycles. The van der Waals surface area contributed by atoms with Crippen LogP contribution in [0.2, 0.25) is 5.02 Å². The number of sulfonamides is 1. The van der Waals surface area contributed by atoms with Gasteiger partial charge >= 0.3 is 0 Å². The molecule has 3 rings (SSSR count). The van der Waals surface area contributed by atoms with Crippen LogP contribution >= 0.6 is 11.6 Å². The Kier molecular flexibility index (Phi) is 4.70. The molecular weight excluding hydrogens is 343 g/mol. The summed E-state index contributed by atoms with van der Waals surface area (Å²) in [5, 5.41) is 0.480. The van der Waals surface area contributed by atoms with Crippen molar-refractivity contribution in [2.24, 2.45) is 5.92 Å². The molecule has 1 aromatic heterocycles. The van der Waals surface area contributed by atoms with E-state index in [0.29, 0.717) is 17.9 Å². The lowest BCUT2D eigenvalue weighted by Crippen LogP contribution is -2.21. The number of pyridine rings is 1. The van der Waals surface area contributed by atoms with Crippen LogP contribution in [0.5, 0.6) is 0 Å². The Labute approximate surface area is 138 Å². The summed E-state index contributed by atoms with van der Waals surface area (Å²) in [6.07, 6.45) is 3.52. The van der Waals surface area contributed by atoms with Gasteiger partial charge in [0.25, 0.3) is 0 Å². The fourth-order valence-electron chi connectivity index (χ4n) is 2.15. The first-order valence-electron chi connectivity index (χ1n) is 7.27. The fourth-order valence-corrected chi connectivity index (χ4v) is 3.38. The van der Waals surface area contributed by atoms with E-state index >= 15 is 0 Å². The quantitative estimate of drug-likeness (QED) is 0.772. The van der Waals surface area contributed by atoms with E-state index in [1.807, 2.05) is 0 Å². The lowest BCUT2D eigenvalue weighted by atomic mass is 10.2. The summed E-state index contributed by atoms with van der Waals surface area (Å²) in [5.41, 5.74) is 0.236. The zero-order valence-electron chi connectivity index (χ0n) is 12.3. The van der Waals surface area contributed by atoms with E-state index in [9.17, 15) is 12.8 Å². The molecule has 0 amide bonds. The van der Waals surface area contributed by atoms with Crippen LogP contribution in [0.4, 0.5) is 10.1 Å². The minimum Gasteiger partial charge on any atom is -0.380 e. The summed E-state index contributed by atoms with van der Waals surface area (Å²) in [4.78, 5) is 3.94. The maximum Gasteiger partial charge on any atom is 0.235 e. The SMILES string of the molecule is O=S(=O)(CCOCC1CC1)Nc1cnc2c(F)cccc2c1Cl. The average Bonchev–Trinajstić information content (AvgIpc) is 3.31. The van der Waals surface area contributed by atoms with E-state index in [1.54, 1.807) is 6.07 Å². The van der Waals surface area contributed by atoms with Crippen LogP contribution in [-0.2, 0) is 14.8 Å². The van der Waals surface area contributed by atoms with Crippen molar-refractivity contribution >= 4 is 38.2 Å². The molecule has 1 aromatic carbocycles. The Hall–Kier alpha value is -1.44. The topological polar surface area (TPSA) is 68.3 Å². The van der Waals surface area contributed by atoms with Gasteiger partial charge in [0.2, 0.25) is 10.0 Å². The van der Waals surface area contributed by atoms with Crippen molar-refractivity contribution in [2.45, 2.75) is 12.8 Å². The highest BCUT2D eigenvalue weighted by Crippen LogP contribution is 2.31. The second-order valence-corrected chi connectivity index (χ2v) is 7.78. The number of fused-ring (bicyclic) bond motifs is 1. The summed E-state index contributed by atoms with van der Waals surface area (Å²) >= 11 is 6.17. The summed E-state index contributed by atoms with van der Waals surface area (Å²) in [6, 6.07) is 4.35. The van der Waals surface area contributed by atoms with Gasteiger partial charge in [-0.1, -0.05) is 23.7 Å². The van der Waals surface area contributed by atoms with Crippen molar-refractivity contribution < 1.29 is 17.5 Å². The highest BCUT2D eigenvalue weighted by molar-refractivity contribution is 7.92. The van der Waals surface area contributed by atoms with Crippen LogP contribution in [0, 0.1) is 11.7 Å². The molecule has 0 atom stereocenters. The number of nitrogens with zero attached hydrogens (tertiary/aromatic N) is 1. The van der Waals surface area contributed by atoms with Crippen molar-refractivity contribution in [3.05, 3.63) is 35.2 Å². The lowest BCUT2D eigenvalue weighted by molar-refractivity contribution is 0.138. The van der Waals surface area contributed by atoms with Gasteiger partial charge in [-0.3, -0.25) is 9.71 Å². The number of nitrogens with one attached hydrogen (secondary N) is 1. The third kappa shape index (κ3) is 4.10. The number of aromatic nitrogens is 1. The molecule has 124 valence electrons. The normalized spacial score (nSPS) is 15.0. The number of benzene rings is 1. The van der Waals surface area contributed by atoms with E-state index in [0.717, 1.165) is 12.8 Å². The molecule has 0 aliphatic heterocycles. The second kappa shape index (κ2) is 6.59. The second-order valence-electron chi connectivity index (χ2n) is 5.56. The number of hydrogen-bond donors (Lipinski definition) is 1. The molecule has 1 fully saturated rings. The number of hydrogen-bond acceptors (Lipinski definition) is 4. The molecule has 0 bridgehead atoms. The van der Waals surface area contributed by atoms with Crippen LogP contribution in [0.1, 0.15) is 12.8 Å². The molecule has 23 heavy (non-hydrogen) atoms. The van der Waals surface area contributed by atoms with E-state index < -0.39 is 15.8 Å². The Morgan fingerprint density at radius 2 is 2.17 bits per heavy atom. The average molecular weight is 359 g/mol. The van der Waals surface area contributed by atoms with Crippen molar-refractivity contribution in [1.82, 2.24) is 4.98 Å². The lowest BCUT2D eigenvalue weighted by Gasteiger charge is -2.11. The van der Waals surface area contributed by atoms with Gasteiger partial charge in [-0.15, -0.1) is 0 Å². The Balaban J connectivity index is 1.70. The maximum absolute atomic E-state index is 13.6. The van der Waals surface area contributed by atoms with E-state index in [2.05, 4.69) is 9.71 Å². The number of rotatable bonds is 7. The molecule has 0 unspecified atom stereocenters.